The Hall–Kier alpha value is 0.0600. The average molecular weight is 473 g/mol. The summed E-state index contributed by atoms with van der Waals surface area (Å²) in [5.74, 6) is -0.629. The van der Waals surface area contributed by atoms with Crippen LogP contribution in [0.15, 0.2) is 43.7 Å². The molecule has 0 saturated heterocycles. The van der Waals surface area contributed by atoms with Gasteiger partial charge in [-0.1, -0.05) is 49.5 Å². The number of hydrogen-bond donors (Lipinski definition) is 1. The number of hydrogen-bond acceptors (Lipinski definition) is 1. The van der Waals surface area contributed by atoms with Crippen LogP contribution >= 0.6 is 59.4 Å². The van der Waals surface area contributed by atoms with Crippen molar-refractivity contribution < 1.29 is 9.50 Å². The Labute approximate surface area is 140 Å². The quantitative estimate of drug-likeness (QED) is 0.543. The maximum absolute atomic E-state index is 14.1. The second-order valence-electron chi connectivity index (χ2n) is 3.83. The van der Waals surface area contributed by atoms with Crippen LogP contribution in [0.5, 0.6) is 0 Å². The van der Waals surface area contributed by atoms with Gasteiger partial charge >= 0.3 is 0 Å². The lowest BCUT2D eigenvalue weighted by Gasteiger charge is -2.15. The van der Waals surface area contributed by atoms with E-state index in [1.165, 1.54) is 6.07 Å². The molecule has 6 heteroatoms. The molecule has 100 valence electrons. The summed E-state index contributed by atoms with van der Waals surface area (Å²) < 4.78 is 16.0. The summed E-state index contributed by atoms with van der Waals surface area (Å²) >= 11 is 15.6. The first kappa shape index (κ1) is 15.4. The molecule has 0 aromatic heterocycles. The Morgan fingerprint density at radius 1 is 1.00 bits per heavy atom. The zero-order valence-corrected chi connectivity index (χ0v) is 14.8. The normalized spacial score (nSPS) is 12.5. The summed E-state index contributed by atoms with van der Waals surface area (Å²) in [6, 6.07) is 8.44. The SMILES string of the molecule is OC(c1cc(Br)ccc1Br)c1ccc(Br)c(Cl)c1F. The zero-order valence-electron chi connectivity index (χ0n) is 9.30. The summed E-state index contributed by atoms with van der Waals surface area (Å²) in [5, 5.41) is 10.3. The molecule has 19 heavy (non-hydrogen) atoms. The standard InChI is InChI=1S/C13H7Br3ClFO/c14-6-1-3-9(15)8(5-6)13(19)7-2-4-10(16)11(17)12(7)18/h1-5,13,19H. The third-order valence-corrected chi connectivity index (χ3v) is 5.09. The fraction of sp³-hybridized carbons (Fsp3) is 0.0769. The summed E-state index contributed by atoms with van der Waals surface area (Å²) in [5.41, 5.74) is 0.693. The highest BCUT2D eigenvalue weighted by atomic mass is 79.9. The first-order chi connectivity index (χ1) is 8.91. The van der Waals surface area contributed by atoms with E-state index in [2.05, 4.69) is 47.8 Å². The predicted molar refractivity (Wildman–Crippen MR) is 85.0 cm³/mol. The highest BCUT2D eigenvalue weighted by Crippen LogP contribution is 2.36. The van der Waals surface area contributed by atoms with Crippen LogP contribution < -0.4 is 0 Å². The third kappa shape index (κ3) is 3.22. The smallest absolute Gasteiger partial charge is 0.149 e. The maximum atomic E-state index is 14.1. The van der Waals surface area contributed by atoms with Crippen LogP contribution in [0.2, 0.25) is 5.02 Å². The van der Waals surface area contributed by atoms with Gasteiger partial charge in [0, 0.05) is 24.5 Å². The molecule has 0 aliphatic carbocycles. The lowest BCUT2D eigenvalue weighted by Crippen LogP contribution is -2.04. The average Bonchev–Trinajstić information content (AvgIpc) is 2.38. The van der Waals surface area contributed by atoms with E-state index in [-0.39, 0.29) is 10.6 Å². The van der Waals surface area contributed by atoms with Gasteiger partial charge in [-0.15, -0.1) is 0 Å². The molecule has 0 bridgehead atoms. The molecule has 0 aliphatic rings. The van der Waals surface area contributed by atoms with Crippen molar-refractivity contribution in [2.24, 2.45) is 0 Å². The molecule has 2 rings (SSSR count). The third-order valence-electron chi connectivity index (χ3n) is 2.61. The van der Waals surface area contributed by atoms with Crippen LogP contribution in [0.1, 0.15) is 17.2 Å². The Morgan fingerprint density at radius 3 is 2.32 bits per heavy atom. The molecule has 1 N–H and O–H groups in total. The lowest BCUT2D eigenvalue weighted by atomic mass is 10.0. The van der Waals surface area contributed by atoms with E-state index < -0.39 is 11.9 Å². The van der Waals surface area contributed by atoms with Crippen molar-refractivity contribution in [3.63, 3.8) is 0 Å². The van der Waals surface area contributed by atoms with Gasteiger partial charge in [-0.05, 0) is 40.2 Å². The molecule has 0 radical (unpaired) electrons. The Morgan fingerprint density at radius 2 is 1.63 bits per heavy atom. The molecule has 0 aliphatic heterocycles. The van der Waals surface area contributed by atoms with E-state index in [0.717, 1.165) is 4.47 Å². The largest absolute Gasteiger partial charge is 0.384 e. The summed E-state index contributed by atoms with van der Waals surface area (Å²) in [4.78, 5) is 0. The summed E-state index contributed by atoms with van der Waals surface area (Å²) in [6.07, 6.45) is -1.10. The van der Waals surface area contributed by atoms with Gasteiger partial charge < -0.3 is 5.11 Å². The molecular weight excluding hydrogens is 466 g/mol. The Balaban J connectivity index is 2.53. The van der Waals surface area contributed by atoms with Crippen molar-refractivity contribution in [3.8, 4) is 0 Å². The van der Waals surface area contributed by atoms with Crippen LogP contribution in [0.4, 0.5) is 4.39 Å². The van der Waals surface area contributed by atoms with Gasteiger partial charge in [0.1, 0.15) is 11.9 Å². The van der Waals surface area contributed by atoms with Crippen LogP contribution in [0, 0.1) is 5.82 Å². The van der Waals surface area contributed by atoms with Crippen molar-refractivity contribution in [2.45, 2.75) is 6.10 Å². The number of halogens is 5. The van der Waals surface area contributed by atoms with Crippen LogP contribution in [0.25, 0.3) is 0 Å². The van der Waals surface area contributed by atoms with Gasteiger partial charge in [-0.2, -0.15) is 0 Å². The fourth-order valence-corrected chi connectivity index (χ4v) is 2.96. The van der Waals surface area contributed by atoms with Crippen LogP contribution in [-0.4, -0.2) is 5.11 Å². The van der Waals surface area contributed by atoms with E-state index >= 15 is 0 Å². The molecule has 0 saturated carbocycles. The molecule has 0 heterocycles. The molecule has 2 aromatic carbocycles. The van der Waals surface area contributed by atoms with Crippen LogP contribution in [0.3, 0.4) is 0 Å². The second-order valence-corrected chi connectivity index (χ2v) is 6.84. The molecule has 0 fully saturated rings. The number of rotatable bonds is 2. The minimum absolute atomic E-state index is 0.0392. The van der Waals surface area contributed by atoms with Crippen molar-refractivity contribution in [1.29, 1.82) is 0 Å². The highest BCUT2D eigenvalue weighted by molar-refractivity contribution is 9.11. The van der Waals surface area contributed by atoms with Gasteiger partial charge in [-0.25, -0.2) is 4.39 Å². The van der Waals surface area contributed by atoms with E-state index in [1.54, 1.807) is 18.2 Å². The number of benzene rings is 2. The number of aliphatic hydroxyl groups is 1. The minimum atomic E-state index is -1.10. The van der Waals surface area contributed by atoms with Gasteiger partial charge in [0.2, 0.25) is 0 Å². The molecule has 1 unspecified atom stereocenters. The monoisotopic (exact) mass is 470 g/mol. The van der Waals surface area contributed by atoms with Crippen molar-refractivity contribution in [3.05, 3.63) is 65.7 Å². The highest BCUT2D eigenvalue weighted by Gasteiger charge is 2.20. The molecule has 0 spiro atoms. The van der Waals surface area contributed by atoms with Crippen molar-refractivity contribution in [1.82, 2.24) is 0 Å². The molecule has 0 amide bonds. The van der Waals surface area contributed by atoms with Gasteiger partial charge in [-0.3, -0.25) is 0 Å². The van der Waals surface area contributed by atoms with E-state index in [1.807, 2.05) is 6.07 Å². The Kier molecular flexibility index (Phi) is 5.06. The van der Waals surface area contributed by atoms with E-state index in [0.29, 0.717) is 14.5 Å². The minimum Gasteiger partial charge on any atom is -0.384 e. The first-order valence-electron chi connectivity index (χ1n) is 5.18. The van der Waals surface area contributed by atoms with Crippen molar-refractivity contribution >= 4 is 59.4 Å². The fourth-order valence-electron chi connectivity index (χ4n) is 1.64. The topological polar surface area (TPSA) is 20.2 Å². The van der Waals surface area contributed by atoms with Crippen LogP contribution in [-0.2, 0) is 0 Å². The Bertz CT molecular complexity index is 634. The molecular formula is C13H7Br3ClFO. The first-order valence-corrected chi connectivity index (χ1v) is 7.94. The van der Waals surface area contributed by atoms with Gasteiger partial charge in [0.15, 0.2) is 0 Å². The summed E-state index contributed by atoms with van der Waals surface area (Å²) in [6.45, 7) is 0. The van der Waals surface area contributed by atoms with E-state index in [4.69, 9.17) is 11.6 Å². The second kappa shape index (κ2) is 6.22. The number of aliphatic hydroxyl groups excluding tert-OH is 1. The van der Waals surface area contributed by atoms with Gasteiger partial charge in [0.25, 0.3) is 0 Å². The molecule has 1 atom stereocenters. The lowest BCUT2D eigenvalue weighted by molar-refractivity contribution is 0.214. The predicted octanol–water partition coefficient (Wildman–Crippen LogP) is 5.85. The van der Waals surface area contributed by atoms with Crippen molar-refractivity contribution in [2.75, 3.05) is 0 Å². The van der Waals surface area contributed by atoms with E-state index in [9.17, 15) is 9.50 Å². The zero-order chi connectivity index (χ0) is 14.2. The molecule has 1 nitrogen and oxygen atoms in total. The van der Waals surface area contributed by atoms with Gasteiger partial charge in [0.05, 0.1) is 5.02 Å². The summed E-state index contributed by atoms with van der Waals surface area (Å²) in [7, 11) is 0. The molecule has 2 aromatic rings. The maximum Gasteiger partial charge on any atom is 0.149 e.